The lowest BCUT2D eigenvalue weighted by Gasteiger charge is -2.15. The molecule has 0 radical (unpaired) electrons. The Balaban J connectivity index is 1.45. The second kappa shape index (κ2) is 7.37. The lowest BCUT2D eigenvalue weighted by atomic mass is 10.1. The fourth-order valence-corrected chi connectivity index (χ4v) is 2.98. The maximum Gasteiger partial charge on any atom is 0.151 e. The number of aromatic nitrogens is 3. The van der Waals surface area contributed by atoms with Gasteiger partial charge in [0.1, 0.15) is 5.69 Å². The zero-order valence-electron chi connectivity index (χ0n) is 14.6. The van der Waals surface area contributed by atoms with Crippen LogP contribution in [0, 0.1) is 0 Å². The van der Waals surface area contributed by atoms with E-state index >= 15 is 0 Å². The Morgan fingerprint density at radius 1 is 0.923 bits per heavy atom. The molecule has 0 aliphatic carbocycles. The fourth-order valence-electron chi connectivity index (χ4n) is 2.98. The summed E-state index contributed by atoms with van der Waals surface area (Å²) in [6.45, 7) is 1.44. The van der Waals surface area contributed by atoms with E-state index in [9.17, 15) is 0 Å². The van der Waals surface area contributed by atoms with Crippen LogP contribution >= 0.6 is 0 Å². The molecule has 0 atom stereocenters. The summed E-state index contributed by atoms with van der Waals surface area (Å²) in [5.41, 5.74) is 4.11. The van der Waals surface area contributed by atoms with Gasteiger partial charge in [-0.15, -0.1) is 0 Å². The highest BCUT2D eigenvalue weighted by atomic mass is 16.5. The molecule has 130 valence electrons. The topological polar surface area (TPSA) is 47.1 Å². The Morgan fingerprint density at radius 2 is 1.65 bits per heavy atom. The van der Waals surface area contributed by atoms with Crippen molar-refractivity contribution in [2.24, 2.45) is 0 Å². The summed E-state index contributed by atoms with van der Waals surface area (Å²) in [4.78, 5) is 2.19. The standard InChI is InChI=1S/C21H20N4O/c1-24(15-19-12-13-22-25(19)18-10-6-3-7-11-18)16-20-14-21(23-26-20)17-8-4-2-5-9-17/h2-14H,15-16H2,1H3. The second-order valence-corrected chi connectivity index (χ2v) is 6.29. The first-order chi connectivity index (χ1) is 12.8. The van der Waals surface area contributed by atoms with E-state index in [0.29, 0.717) is 6.54 Å². The van der Waals surface area contributed by atoms with Crippen LogP contribution < -0.4 is 0 Å². The molecular formula is C21H20N4O. The van der Waals surface area contributed by atoms with Gasteiger partial charge in [0.2, 0.25) is 0 Å². The molecule has 0 saturated carbocycles. The number of rotatable bonds is 6. The molecule has 4 aromatic rings. The summed E-state index contributed by atoms with van der Waals surface area (Å²) < 4.78 is 7.47. The molecule has 0 fully saturated rings. The molecule has 0 N–H and O–H groups in total. The lowest BCUT2D eigenvalue weighted by molar-refractivity contribution is 0.263. The summed E-state index contributed by atoms with van der Waals surface area (Å²) in [5, 5.41) is 8.63. The molecule has 0 saturated heterocycles. The average Bonchev–Trinajstić information content (AvgIpc) is 3.33. The quantitative estimate of drug-likeness (QED) is 0.527. The van der Waals surface area contributed by atoms with Crippen LogP contribution in [-0.2, 0) is 13.1 Å². The number of para-hydroxylation sites is 1. The predicted octanol–water partition coefficient (Wildman–Crippen LogP) is 4.16. The van der Waals surface area contributed by atoms with E-state index in [2.05, 4.69) is 34.3 Å². The van der Waals surface area contributed by atoms with Crippen molar-refractivity contribution in [1.29, 1.82) is 0 Å². The lowest BCUT2D eigenvalue weighted by Crippen LogP contribution is -2.19. The van der Waals surface area contributed by atoms with Gasteiger partial charge >= 0.3 is 0 Å². The van der Waals surface area contributed by atoms with Crippen molar-refractivity contribution < 1.29 is 4.52 Å². The monoisotopic (exact) mass is 344 g/mol. The smallest absolute Gasteiger partial charge is 0.151 e. The first kappa shape index (κ1) is 16.3. The summed E-state index contributed by atoms with van der Waals surface area (Å²) in [7, 11) is 2.06. The van der Waals surface area contributed by atoms with Crippen LogP contribution in [0.2, 0.25) is 0 Å². The molecule has 2 aromatic heterocycles. The van der Waals surface area contributed by atoms with E-state index < -0.39 is 0 Å². The zero-order chi connectivity index (χ0) is 17.8. The zero-order valence-corrected chi connectivity index (χ0v) is 14.6. The van der Waals surface area contributed by atoms with Crippen LogP contribution in [0.1, 0.15) is 11.5 Å². The molecule has 26 heavy (non-hydrogen) atoms. The molecule has 0 aliphatic rings. The molecule has 5 heteroatoms. The SMILES string of the molecule is CN(Cc1cc(-c2ccccc2)no1)Cc1ccnn1-c1ccccc1. The van der Waals surface area contributed by atoms with Crippen molar-refractivity contribution in [1.82, 2.24) is 19.8 Å². The predicted molar refractivity (Wildman–Crippen MR) is 101 cm³/mol. The van der Waals surface area contributed by atoms with Crippen molar-refractivity contribution in [2.75, 3.05) is 7.05 Å². The first-order valence-corrected chi connectivity index (χ1v) is 8.57. The Hall–Kier alpha value is -3.18. The number of hydrogen-bond acceptors (Lipinski definition) is 4. The third kappa shape index (κ3) is 3.58. The van der Waals surface area contributed by atoms with Gasteiger partial charge in [-0.3, -0.25) is 4.90 Å². The van der Waals surface area contributed by atoms with Gasteiger partial charge in [-0.25, -0.2) is 4.68 Å². The van der Waals surface area contributed by atoms with Crippen LogP contribution in [0.25, 0.3) is 16.9 Å². The van der Waals surface area contributed by atoms with Crippen molar-refractivity contribution in [3.05, 3.63) is 90.4 Å². The van der Waals surface area contributed by atoms with E-state index in [1.54, 1.807) is 0 Å². The third-order valence-electron chi connectivity index (χ3n) is 4.21. The minimum Gasteiger partial charge on any atom is -0.359 e. The molecule has 0 spiro atoms. The van der Waals surface area contributed by atoms with Crippen LogP contribution in [0.3, 0.4) is 0 Å². The minimum atomic E-state index is 0.680. The van der Waals surface area contributed by atoms with Crippen molar-refractivity contribution in [3.63, 3.8) is 0 Å². The molecule has 0 unspecified atom stereocenters. The van der Waals surface area contributed by atoms with Crippen LogP contribution in [-0.4, -0.2) is 26.9 Å². The van der Waals surface area contributed by atoms with E-state index in [-0.39, 0.29) is 0 Å². The van der Waals surface area contributed by atoms with Gasteiger partial charge < -0.3 is 4.52 Å². The Labute approximate surface area is 152 Å². The van der Waals surface area contributed by atoms with E-state index in [0.717, 1.165) is 34.9 Å². The molecule has 0 aliphatic heterocycles. The highest BCUT2D eigenvalue weighted by Crippen LogP contribution is 2.20. The summed E-state index contributed by atoms with van der Waals surface area (Å²) in [6, 6.07) is 24.3. The molecule has 2 aromatic carbocycles. The van der Waals surface area contributed by atoms with Crippen LogP contribution in [0.15, 0.2) is 83.5 Å². The first-order valence-electron chi connectivity index (χ1n) is 8.57. The van der Waals surface area contributed by atoms with Crippen LogP contribution in [0.5, 0.6) is 0 Å². The summed E-state index contributed by atoms with van der Waals surface area (Å²) >= 11 is 0. The summed E-state index contributed by atoms with van der Waals surface area (Å²) in [5.74, 6) is 0.845. The van der Waals surface area contributed by atoms with Gasteiger partial charge in [-0.05, 0) is 25.2 Å². The Bertz CT molecular complexity index is 960. The van der Waals surface area contributed by atoms with Gasteiger partial charge in [0.25, 0.3) is 0 Å². The molecule has 4 rings (SSSR count). The largest absolute Gasteiger partial charge is 0.359 e. The molecule has 2 heterocycles. The van der Waals surface area contributed by atoms with E-state index in [1.807, 2.05) is 71.5 Å². The molecule has 0 amide bonds. The Morgan fingerprint density at radius 3 is 2.42 bits per heavy atom. The van der Waals surface area contributed by atoms with E-state index in [4.69, 9.17) is 4.52 Å². The molecule has 5 nitrogen and oxygen atoms in total. The highest BCUT2D eigenvalue weighted by Gasteiger charge is 2.12. The van der Waals surface area contributed by atoms with Gasteiger partial charge in [0.15, 0.2) is 5.76 Å². The number of hydrogen-bond donors (Lipinski definition) is 0. The Kier molecular flexibility index (Phi) is 4.62. The average molecular weight is 344 g/mol. The van der Waals surface area contributed by atoms with Crippen molar-refractivity contribution in [3.8, 4) is 16.9 Å². The maximum atomic E-state index is 5.51. The third-order valence-corrected chi connectivity index (χ3v) is 4.21. The van der Waals surface area contributed by atoms with Crippen molar-refractivity contribution >= 4 is 0 Å². The van der Waals surface area contributed by atoms with Gasteiger partial charge in [0.05, 0.1) is 17.9 Å². The minimum absolute atomic E-state index is 0.680. The van der Waals surface area contributed by atoms with Crippen LogP contribution in [0.4, 0.5) is 0 Å². The fraction of sp³-hybridized carbons (Fsp3) is 0.143. The molecular weight excluding hydrogens is 324 g/mol. The summed E-state index contributed by atoms with van der Waals surface area (Å²) in [6.07, 6.45) is 1.83. The number of nitrogens with zero attached hydrogens (tertiary/aromatic N) is 4. The van der Waals surface area contributed by atoms with Gasteiger partial charge in [0, 0.05) is 24.4 Å². The highest BCUT2D eigenvalue weighted by molar-refractivity contribution is 5.58. The maximum absolute atomic E-state index is 5.51. The number of benzene rings is 2. The normalized spacial score (nSPS) is 11.2. The van der Waals surface area contributed by atoms with Crippen molar-refractivity contribution in [2.45, 2.75) is 13.1 Å². The van der Waals surface area contributed by atoms with Gasteiger partial charge in [-0.2, -0.15) is 5.10 Å². The molecule has 0 bridgehead atoms. The second-order valence-electron chi connectivity index (χ2n) is 6.29. The van der Waals surface area contributed by atoms with Gasteiger partial charge in [-0.1, -0.05) is 53.7 Å². The van der Waals surface area contributed by atoms with E-state index in [1.165, 1.54) is 0 Å².